The SMILES string of the molecule is CC1CCC(NC(=O)c2c(N)cnn2C)C1C. The van der Waals surface area contributed by atoms with Gasteiger partial charge in [-0.05, 0) is 24.7 Å². The Labute approximate surface area is 101 Å². The number of hydrogen-bond acceptors (Lipinski definition) is 3. The van der Waals surface area contributed by atoms with Crippen LogP contribution in [-0.4, -0.2) is 21.7 Å². The van der Waals surface area contributed by atoms with E-state index >= 15 is 0 Å². The Bertz CT molecular complexity index is 407. The van der Waals surface area contributed by atoms with E-state index in [1.54, 1.807) is 7.05 Å². The van der Waals surface area contributed by atoms with Crippen LogP contribution in [0.15, 0.2) is 6.20 Å². The van der Waals surface area contributed by atoms with E-state index in [9.17, 15) is 4.79 Å². The molecule has 1 aromatic heterocycles. The number of hydrogen-bond donors (Lipinski definition) is 2. The fourth-order valence-electron chi connectivity index (χ4n) is 2.54. The van der Waals surface area contributed by atoms with Crippen LogP contribution in [0.1, 0.15) is 37.2 Å². The van der Waals surface area contributed by atoms with Crippen molar-refractivity contribution in [3.63, 3.8) is 0 Å². The van der Waals surface area contributed by atoms with E-state index < -0.39 is 0 Å². The molecule has 1 fully saturated rings. The lowest BCUT2D eigenvalue weighted by atomic mass is 9.98. The summed E-state index contributed by atoms with van der Waals surface area (Å²) in [5.74, 6) is 1.08. The van der Waals surface area contributed by atoms with Gasteiger partial charge in [0, 0.05) is 13.1 Å². The van der Waals surface area contributed by atoms with Crippen molar-refractivity contribution >= 4 is 11.6 Å². The number of aryl methyl sites for hydroxylation is 1. The lowest BCUT2D eigenvalue weighted by molar-refractivity contribution is 0.0919. The monoisotopic (exact) mass is 236 g/mol. The van der Waals surface area contributed by atoms with Crippen LogP contribution < -0.4 is 11.1 Å². The highest BCUT2D eigenvalue weighted by molar-refractivity contribution is 5.97. The van der Waals surface area contributed by atoms with Crippen molar-refractivity contribution in [3.05, 3.63) is 11.9 Å². The zero-order valence-electron chi connectivity index (χ0n) is 10.6. The average Bonchev–Trinajstić information content (AvgIpc) is 2.76. The molecule has 0 saturated heterocycles. The van der Waals surface area contributed by atoms with Gasteiger partial charge in [-0.1, -0.05) is 13.8 Å². The number of nitrogens with zero attached hydrogens (tertiary/aromatic N) is 2. The molecule has 5 heteroatoms. The normalized spacial score (nSPS) is 28.3. The van der Waals surface area contributed by atoms with Crippen LogP contribution in [0.5, 0.6) is 0 Å². The Balaban J connectivity index is 2.08. The minimum atomic E-state index is -0.117. The molecule has 17 heavy (non-hydrogen) atoms. The van der Waals surface area contributed by atoms with E-state index in [1.807, 2.05) is 0 Å². The lowest BCUT2D eigenvalue weighted by Gasteiger charge is -2.19. The third kappa shape index (κ3) is 2.14. The standard InChI is InChI=1S/C12H20N4O/c1-7-4-5-10(8(7)2)15-12(17)11-9(13)6-14-16(11)3/h6-8,10H,4-5,13H2,1-3H3,(H,15,17). The molecule has 1 aliphatic rings. The van der Waals surface area contributed by atoms with Gasteiger partial charge in [0.15, 0.2) is 0 Å². The number of nitrogens with one attached hydrogen (secondary N) is 1. The van der Waals surface area contributed by atoms with Crippen molar-refractivity contribution in [2.24, 2.45) is 18.9 Å². The number of carbonyl (C=O) groups is 1. The second kappa shape index (κ2) is 4.39. The Hall–Kier alpha value is -1.52. The molecule has 2 rings (SSSR count). The number of anilines is 1. The van der Waals surface area contributed by atoms with Gasteiger partial charge in [-0.3, -0.25) is 9.48 Å². The molecule has 5 nitrogen and oxygen atoms in total. The maximum absolute atomic E-state index is 12.1. The van der Waals surface area contributed by atoms with Crippen LogP contribution in [0.25, 0.3) is 0 Å². The van der Waals surface area contributed by atoms with E-state index in [2.05, 4.69) is 24.3 Å². The van der Waals surface area contributed by atoms with Crippen molar-refractivity contribution in [2.75, 3.05) is 5.73 Å². The third-order valence-electron chi connectivity index (χ3n) is 3.96. The first kappa shape index (κ1) is 12.0. The predicted molar refractivity (Wildman–Crippen MR) is 66.4 cm³/mol. The van der Waals surface area contributed by atoms with Gasteiger partial charge in [0.1, 0.15) is 5.69 Å². The molecule has 1 aliphatic carbocycles. The lowest BCUT2D eigenvalue weighted by Crippen LogP contribution is -2.38. The van der Waals surface area contributed by atoms with E-state index in [1.165, 1.54) is 17.3 Å². The van der Waals surface area contributed by atoms with Crippen LogP contribution in [0, 0.1) is 11.8 Å². The number of nitrogens with two attached hydrogens (primary N) is 1. The number of rotatable bonds is 2. The average molecular weight is 236 g/mol. The molecule has 0 radical (unpaired) electrons. The molecule has 3 atom stereocenters. The van der Waals surface area contributed by atoms with Gasteiger partial charge in [0.25, 0.3) is 5.91 Å². The molecule has 1 amide bonds. The van der Waals surface area contributed by atoms with Crippen LogP contribution in [-0.2, 0) is 7.05 Å². The molecule has 1 aromatic rings. The minimum Gasteiger partial charge on any atom is -0.396 e. The quantitative estimate of drug-likeness (QED) is 0.809. The van der Waals surface area contributed by atoms with E-state index in [4.69, 9.17) is 5.73 Å². The minimum absolute atomic E-state index is 0.117. The second-order valence-electron chi connectivity index (χ2n) is 5.07. The Morgan fingerprint density at radius 3 is 2.71 bits per heavy atom. The highest BCUT2D eigenvalue weighted by atomic mass is 16.2. The second-order valence-corrected chi connectivity index (χ2v) is 5.07. The van der Waals surface area contributed by atoms with Crippen molar-refractivity contribution < 1.29 is 4.79 Å². The van der Waals surface area contributed by atoms with Crippen molar-refractivity contribution in [1.29, 1.82) is 0 Å². The van der Waals surface area contributed by atoms with Gasteiger partial charge in [-0.15, -0.1) is 0 Å². The van der Waals surface area contributed by atoms with Crippen molar-refractivity contribution in [2.45, 2.75) is 32.7 Å². The summed E-state index contributed by atoms with van der Waals surface area (Å²) >= 11 is 0. The maximum Gasteiger partial charge on any atom is 0.271 e. The summed E-state index contributed by atoms with van der Waals surface area (Å²) in [7, 11) is 1.73. The van der Waals surface area contributed by atoms with Crippen LogP contribution >= 0.6 is 0 Å². The van der Waals surface area contributed by atoms with Gasteiger partial charge < -0.3 is 11.1 Å². The fourth-order valence-corrected chi connectivity index (χ4v) is 2.54. The Morgan fingerprint density at radius 1 is 1.53 bits per heavy atom. The maximum atomic E-state index is 12.1. The van der Waals surface area contributed by atoms with Gasteiger partial charge in [-0.25, -0.2) is 0 Å². The number of nitrogen functional groups attached to an aromatic ring is 1. The number of aromatic nitrogens is 2. The first-order valence-corrected chi connectivity index (χ1v) is 6.09. The molecule has 1 saturated carbocycles. The van der Waals surface area contributed by atoms with Gasteiger partial charge in [0.05, 0.1) is 11.9 Å². The molecule has 94 valence electrons. The molecular formula is C12H20N4O. The van der Waals surface area contributed by atoms with Gasteiger partial charge in [-0.2, -0.15) is 5.10 Å². The van der Waals surface area contributed by atoms with Crippen LogP contribution in [0.3, 0.4) is 0 Å². The summed E-state index contributed by atoms with van der Waals surface area (Å²) in [5, 5.41) is 7.04. The van der Waals surface area contributed by atoms with Crippen LogP contribution in [0.4, 0.5) is 5.69 Å². The molecule has 1 heterocycles. The molecule has 0 spiro atoms. The van der Waals surface area contributed by atoms with Crippen molar-refractivity contribution in [3.8, 4) is 0 Å². The molecule has 3 unspecified atom stereocenters. The molecule has 3 N–H and O–H groups in total. The molecule has 0 bridgehead atoms. The summed E-state index contributed by atoms with van der Waals surface area (Å²) in [5.41, 5.74) is 6.62. The largest absolute Gasteiger partial charge is 0.396 e. The zero-order chi connectivity index (χ0) is 12.6. The highest BCUT2D eigenvalue weighted by Gasteiger charge is 2.31. The van der Waals surface area contributed by atoms with Gasteiger partial charge >= 0.3 is 0 Å². The molecule has 0 aromatic carbocycles. The molecule has 0 aliphatic heterocycles. The third-order valence-corrected chi connectivity index (χ3v) is 3.96. The summed E-state index contributed by atoms with van der Waals surface area (Å²) in [4.78, 5) is 12.1. The fraction of sp³-hybridized carbons (Fsp3) is 0.667. The summed E-state index contributed by atoms with van der Waals surface area (Å²) in [6.45, 7) is 4.42. The van der Waals surface area contributed by atoms with Crippen molar-refractivity contribution in [1.82, 2.24) is 15.1 Å². The van der Waals surface area contributed by atoms with E-state index in [-0.39, 0.29) is 11.9 Å². The summed E-state index contributed by atoms with van der Waals surface area (Å²) < 4.78 is 1.52. The number of carbonyl (C=O) groups excluding carboxylic acids is 1. The summed E-state index contributed by atoms with van der Waals surface area (Å²) in [6.07, 6.45) is 3.73. The first-order valence-electron chi connectivity index (χ1n) is 6.09. The first-order chi connectivity index (χ1) is 8.00. The topological polar surface area (TPSA) is 72.9 Å². The van der Waals surface area contributed by atoms with E-state index in [0.29, 0.717) is 23.2 Å². The Morgan fingerprint density at radius 2 is 2.24 bits per heavy atom. The van der Waals surface area contributed by atoms with Gasteiger partial charge in [0.2, 0.25) is 0 Å². The highest BCUT2D eigenvalue weighted by Crippen LogP contribution is 2.31. The van der Waals surface area contributed by atoms with Crippen LogP contribution in [0.2, 0.25) is 0 Å². The van der Waals surface area contributed by atoms with E-state index in [0.717, 1.165) is 6.42 Å². The Kier molecular flexibility index (Phi) is 3.09. The predicted octanol–water partition coefficient (Wildman–Crippen LogP) is 1.17. The smallest absolute Gasteiger partial charge is 0.271 e. The zero-order valence-corrected chi connectivity index (χ0v) is 10.6. The molecular weight excluding hydrogens is 216 g/mol. The summed E-state index contributed by atoms with van der Waals surface area (Å²) in [6, 6.07) is 0.256. The number of amides is 1.